The Labute approximate surface area is 166 Å². The highest BCUT2D eigenvalue weighted by Crippen LogP contribution is 2.33. The van der Waals surface area contributed by atoms with Gasteiger partial charge in [-0.25, -0.2) is 0 Å². The molecule has 0 fully saturated rings. The second-order valence-electron chi connectivity index (χ2n) is 7.08. The van der Waals surface area contributed by atoms with Crippen molar-refractivity contribution in [1.29, 1.82) is 0 Å². The van der Waals surface area contributed by atoms with Crippen molar-refractivity contribution in [2.75, 3.05) is 0 Å². The maximum atomic E-state index is 12.8. The monoisotopic (exact) mass is 399 g/mol. The van der Waals surface area contributed by atoms with E-state index >= 15 is 0 Å². The first-order valence-corrected chi connectivity index (χ1v) is 9.20. The molecule has 3 nitrogen and oxygen atoms in total. The fourth-order valence-corrected chi connectivity index (χ4v) is 3.18. The number of alkyl halides is 3. The lowest BCUT2D eigenvalue weighted by molar-refractivity contribution is -0.137. The highest BCUT2D eigenvalue weighted by Gasteiger charge is 2.30. The van der Waals surface area contributed by atoms with E-state index in [1.807, 2.05) is 12.1 Å². The molecule has 0 spiro atoms. The summed E-state index contributed by atoms with van der Waals surface area (Å²) in [5, 5.41) is 1.66. The van der Waals surface area contributed by atoms with Gasteiger partial charge in [-0.2, -0.15) is 13.2 Å². The number of Topliss-reactive ketones (excluding diaryl/α,β-unsaturated/α-hetero) is 1. The number of carbonyl (C=O) groups is 2. The summed E-state index contributed by atoms with van der Waals surface area (Å²) in [6.45, 7) is 1.69. The second-order valence-corrected chi connectivity index (χ2v) is 7.08. The van der Waals surface area contributed by atoms with E-state index in [0.29, 0.717) is 17.5 Å². The molecule has 0 saturated heterocycles. The van der Waals surface area contributed by atoms with E-state index in [1.54, 1.807) is 31.2 Å². The zero-order valence-corrected chi connectivity index (χ0v) is 15.8. The summed E-state index contributed by atoms with van der Waals surface area (Å²) in [5.74, 6) is -0.886. The third-order valence-electron chi connectivity index (χ3n) is 5.02. The van der Waals surface area contributed by atoms with Gasteiger partial charge in [0.2, 0.25) is 5.91 Å². The first-order valence-electron chi connectivity index (χ1n) is 9.20. The molecule has 1 amide bonds. The normalized spacial score (nSPS) is 12.7. The lowest BCUT2D eigenvalue weighted by Gasteiger charge is -2.11. The molecular formula is C23H20F3NO2. The van der Waals surface area contributed by atoms with Gasteiger partial charge in [0.05, 0.1) is 5.56 Å². The molecule has 0 radical (unpaired) electrons. The number of primary amides is 1. The number of ketones is 1. The van der Waals surface area contributed by atoms with Crippen molar-refractivity contribution in [1.82, 2.24) is 0 Å². The first-order chi connectivity index (χ1) is 13.7. The number of amides is 1. The summed E-state index contributed by atoms with van der Waals surface area (Å²) in [5.41, 5.74) is 6.51. The van der Waals surface area contributed by atoms with E-state index in [4.69, 9.17) is 5.73 Å². The highest BCUT2D eigenvalue weighted by atomic mass is 19.4. The zero-order valence-electron chi connectivity index (χ0n) is 15.8. The van der Waals surface area contributed by atoms with Gasteiger partial charge in [-0.1, -0.05) is 49.4 Å². The van der Waals surface area contributed by atoms with E-state index in [2.05, 4.69) is 0 Å². The smallest absolute Gasteiger partial charge is 0.369 e. The topological polar surface area (TPSA) is 60.2 Å². The van der Waals surface area contributed by atoms with Crippen LogP contribution in [0.15, 0.2) is 60.7 Å². The predicted octanol–water partition coefficient (Wildman–Crippen LogP) is 5.61. The largest absolute Gasteiger partial charge is 0.416 e. The molecule has 3 aromatic carbocycles. The fraction of sp³-hybridized carbons (Fsp3) is 0.217. The number of benzene rings is 3. The van der Waals surface area contributed by atoms with Crippen molar-refractivity contribution in [2.45, 2.75) is 25.9 Å². The number of hydrogen-bond acceptors (Lipinski definition) is 2. The highest BCUT2D eigenvalue weighted by molar-refractivity contribution is 6.03. The van der Waals surface area contributed by atoms with Gasteiger partial charge >= 0.3 is 6.18 Å². The number of fused-ring (bicyclic) bond motifs is 1. The molecule has 0 saturated carbocycles. The molecule has 0 aliphatic rings. The van der Waals surface area contributed by atoms with Crippen LogP contribution in [-0.2, 0) is 11.0 Å². The molecule has 0 heterocycles. The molecule has 0 unspecified atom stereocenters. The average molecular weight is 399 g/mol. The zero-order chi connectivity index (χ0) is 21.2. The van der Waals surface area contributed by atoms with E-state index in [-0.39, 0.29) is 18.1 Å². The Morgan fingerprint density at radius 2 is 1.69 bits per heavy atom. The van der Waals surface area contributed by atoms with Crippen molar-refractivity contribution in [3.63, 3.8) is 0 Å². The van der Waals surface area contributed by atoms with Crippen LogP contribution in [0.3, 0.4) is 0 Å². The Morgan fingerprint density at radius 1 is 1.00 bits per heavy atom. The van der Waals surface area contributed by atoms with Gasteiger partial charge < -0.3 is 5.73 Å². The van der Waals surface area contributed by atoms with Crippen molar-refractivity contribution in [2.24, 2.45) is 11.7 Å². The van der Waals surface area contributed by atoms with Gasteiger partial charge in [-0.05, 0) is 46.5 Å². The van der Waals surface area contributed by atoms with E-state index < -0.39 is 17.6 Å². The average Bonchev–Trinajstić information content (AvgIpc) is 2.70. The minimum Gasteiger partial charge on any atom is -0.369 e. The Balaban J connectivity index is 1.89. The molecule has 150 valence electrons. The van der Waals surface area contributed by atoms with E-state index in [0.717, 1.165) is 28.5 Å². The molecule has 0 bridgehead atoms. The molecule has 0 aliphatic carbocycles. The Hall–Kier alpha value is -3.15. The summed E-state index contributed by atoms with van der Waals surface area (Å²) in [6.07, 6.45) is -3.77. The van der Waals surface area contributed by atoms with Gasteiger partial charge in [-0.3, -0.25) is 9.59 Å². The van der Waals surface area contributed by atoms with Crippen LogP contribution in [-0.4, -0.2) is 11.7 Å². The van der Waals surface area contributed by atoms with E-state index in [9.17, 15) is 22.8 Å². The standard InChI is InChI=1S/C23H20F3NO2/c1-14(22(27)29)5-12-21(28)17-8-11-20-16(13-17)3-2-4-19(20)15-6-9-18(10-7-15)23(24,25)26/h2-4,6-11,13-14H,5,12H2,1H3,(H2,27,29)/t14-/m0/s1. The molecule has 3 aromatic rings. The maximum absolute atomic E-state index is 12.8. The van der Waals surface area contributed by atoms with Crippen LogP contribution in [0.2, 0.25) is 0 Å². The van der Waals surface area contributed by atoms with Crippen LogP contribution in [0.25, 0.3) is 21.9 Å². The molecule has 29 heavy (non-hydrogen) atoms. The first kappa shape index (κ1) is 20.6. The Kier molecular flexibility index (Phi) is 5.73. The predicted molar refractivity (Wildman–Crippen MR) is 106 cm³/mol. The number of hydrogen-bond donors (Lipinski definition) is 1. The van der Waals surface area contributed by atoms with Crippen molar-refractivity contribution < 1.29 is 22.8 Å². The van der Waals surface area contributed by atoms with Gasteiger partial charge in [0, 0.05) is 17.9 Å². The van der Waals surface area contributed by atoms with Crippen molar-refractivity contribution in [3.8, 4) is 11.1 Å². The minimum absolute atomic E-state index is 0.0834. The third-order valence-corrected chi connectivity index (χ3v) is 5.02. The molecule has 2 N–H and O–H groups in total. The van der Waals surface area contributed by atoms with Gasteiger partial charge in [0.15, 0.2) is 5.78 Å². The van der Waals surface area contributed by atoms with Gasteiger partial charge in [0.1, 0.15) is 0 Å². The summed E-state index contributed by atoms with van der Waals surface area (Å²) < 4.78 is 38.4. The van der Waals surface area contributed by atoms with Crippen LogP contribution in [0.5, 0.6) is 0 Å². The molecule has 0 aliphatic heterocycles. The molecule has 3 rings (SSSR count). The number of nitrogens with two attached hydrogens (primary N) is 1. The van der Waals surface area contributed by atoms with Crippen LogP contribution in [0, 0.1) is 5.92 Å². The van der Waals surface area contributed by atoms with Crippen LogP contribution in [0.4, 0.5) is 13.2 Å². The number of carbonyl (C=O) groups excluding carboxylic acids is 2. The van der Waals surface area contributed by atoms with Crippen LogP contribution >= 0.6 is 0 Å². The Morgan fingerprint density at radius 3 is 2.31 bits per heavy atom. The third kappa shape index (κ3) is 4.65. The minimum atomic E-state index is -4.38. The quantitative estimate of drug-likeness (QED) is 0.548. The van der Waals surface area contributed by atoms with Crippen molar-refractivity contribution in [3.05, 3.63) is 71.8 Å². The molecular weight excluding hydrogens is 379 g/mol. The van der Waals surface area contributed by atoms with Gasteiger partial charge in [0.25, 0.3) is 0 Å². The van der Waals surface area contributed by atoms with Crippen LogP contribution in [0.1, 0.15) is 35.7 Å². The summed E-state index contributed by atoms with van der Waals surface area (Å²) in [4.78, 5) is 23.6. The van der Waals surface area contributed by atoms with Gasteiger partial charge in [-0.15, -0.1) is 0 Å². The number of rotatable bonds is 6. The van der Waals surface area contributed by atoms with E-state index in [1.165, 1.54) is 12.1 Å². The summed E-state index contributed by atoms with van der Waals surface area (Å²) in [6, 6.07) is 15.8. The SMILES string of the molecule is C[C@@H](CCC(=O)c1ccc2c(-c3ccc(C(F)(F)F)cc3)cccc2c1)C(N)=O. The molecule has 1 atom stereocenters. The Bertz CT molecular complexity index is 1060. The number of halogens is 3. The fourth-order valence-electron chi connectivity index (χ4n) is 3.18. The lowest BCUT2D eigenvalue weighted by atomic mass is 9.94. The lowest BCUT2D eigenvalue weighted by Crippen LogP contribution is -2.21. The van der Waals surface area contributed by atoms with Crippen molar-refractivity contribution >= 4 is 22.5 Å². The maximum Gasteiger partial charge on any atom is 0.416 e. The molecule has 6 heteroatoms. The molecule has 0 aromatic heterocycles. The summed E-state index contributed by atoms with van der Waals surface area (Å²) >= 11 is 0. The summed E-state index contributed by atoms with van der Waals surface area (Å²) in [7, 11) is 0. The van der Waals surface area contributed by atoms with Crippen LogP contribution < -0.4 is 5.73 Å². The second kappa shape index (κ2) is 8.07.